The molecule has 4 rings (SSSR count). The van der Waals surface area contributed by atoms with Crippen molar-refractivity contribution in [2.75, 3.05) is 18.1 Å². The minimum atomic E-state index is 0.448. The van der Waals surface area contributed by atoms with E-state index >= 15 is 0 Å². The van der Waals surface area contributed by atoms with Gasteiger partial charge in [0.15, 0.2) is 5.65 Å². The van der Waals surface area contributed by atoms with Gasteiger partial charge in [-0.1, -0.05) is 18.2 Å². The van der Waals surface area contributed by atoms with Crippen LogP contribution in [0.5, 0.6) is 0 Å². The Labute approximate surface area is 133 Å². The molecule has 0 aliphatic rings. The van der Waals surface area contributed by atoms with Crippen LogP contribution >= 0.6 is 0 Å². The van der Waals surface area contributed by atoms with Gasteiger partial charge in [0, 0.05) is 25.3 Å². The van der Waals surface area contributed by atoms with Crippen LogP contribution in [0.3, 0.4) is 0 Å². The monoisotopic (exact) mass is 304 g/mol. The Bertz CT molecular complexity index is 1030. The van der Waals surface area contributed by atoms with Gasteiger partial charge in [-0.25, -0.2) is 14.6 Å². The molecule has 0 radical (unpaired) electrons. The van der Waals surface area contributed by atoms with Crippen molar-refractivity contribution < 1.29 is 0 Å². The van der Waals surface area contributed by atoms with Gasteiger partial charge < -0.3 is 11.1 Å². The van der Waals surface area contributed by atoms with Gasteiger partial charge in [-0.05, 0) is 29.0 Å². The van der Waals surface area contributed by atoms with E-state index in [-0.39, 0.29) is 0 Å². The maximum absolute atomic E-state index is 6.05. The summed E-state index contributed by atoms with van der Waals surface area (Å²) in [6, 6.07) is 12.5. The van der Waals surface area contributed by atoms with Crippen molar-refractivity contribution in [3.63, 3.8) is 0 Å². The van der Waals surface area contributed by atoms with Crippen molar-refractivity contribution in [2.45, 2.75) is 0 Å². The van der Waals surface area contributed by atoms with E-state index < -0.39 is 0 Å². The van der Waals surface area contributed by atoms with Crippen molar-refractivity contribution >= 4 is 33.3 Å². The zero-order valence-electron chi connectivity index (χ0n) is 12.9. The lowest BCUT2D eigenvalue weighted by molar-refractivity contribution is 0.789. The largest absolute Gasteiger partial charge is 0.388 e. The Kier molecular flexibility index (Phi) is 2.90. The number of rotatable bonds is 2. The van der Waals surface area contributed by atoms with Crippen LogP contribution in [0.4, 0.5) is 11.5 Å². The van der Waals surface area contributed by atoms with E-state index in [4.69, 9.17) is 5.73 Å². The molecule has 2 aromatic carbocycles. The number of benzene rings is 2. The molecule has 114 valence electrons. The maximum atomic E-state index is 6.05. The van der Waals surface area contributed by atoms with Gasteiger partial charge in [0.25, 0.3) is 0 Å². The molecule has 6 heteroatoms. The zero-order chi connectivity index (χ0) is 16.0. The molecule has 0 bridgehead atoms. The van der Waals surface area contributed by atoms with Crippen molar-refractivity contribution in [3.05, 3.63) is 42.7 Å². The van der Waals surface area contributed by atoms with Crippen LogP contribution < -0.4 is 11.1 Å². The van der Waals surface area contributed by atoms with E-state index in [0.29, 0.717) is 5.82 Å². The highest BCUT2D eigenvalue weighted by Crippen LogP contribution is 2.32. The first-order chi connectivity index (χ1) is 11.2. The van der Waals surface area contributed by atoms with Crippen LogP contribution in [-0.4, -0.2) is 26.8 Å². The number of nitrogens with zero attached hydrogens (tertiary/aromatic N) is 4. The lowest BCUT2D eigenvalue weighted by Crippen LogP contribution is -1.95. The molecule has 2 heterocycles. The van der Waals surface area contributed by atoms with Crippen LogP contribution in [0.15, 0.2) is 42.7 Å². The molecule has 2 aromatic heterocycles. The van der Waals surface area contributed by atoms with E-state index in [2.05, 4.69) is 56.8 Å². The van der Waals surface area contributed by atoms with Gasteiger partial charge in [-0.3, -0.25) is 0 Å². The minimum Gasteiger partial charge on any atom is -0.388 e. The number of hydrogen-bond donors (Lipinski definition) is 2. The third kappa shape index (κ3) is 2.07. The van der Waals surface area contributed by atoms with Gasteiger partial charge in [-0.2, -0.15) is 5.10 Å². The smallest absolute Gasteiger partial charge is 0.163 e. The van der Waals surface area contributed by atoms with Crippen molar-refractivity contribution in [2.24, 2.45) is 7.05 Å². The lowest BCUT2D eigenvalue weighted by atomic mass is 10.0. The number of aryl methyl sites for hydroxylation is 1. The molecule has 3 N–H and O–H groups in total. The molecule has 0 saturated carbocycles. The summed E-state index contributed by atoms with van der Waals surface area (Å²) in [7, 11) is 3.77. The Morgan fingerprint density at radius 2 is 1.83 bits per heavy atom. The molecule has 0 amide bonds. The molecular formula is C17H16N6. The van der Waals surface area contributed by atoms with E-state index in [1.54, 1.807) is 4.68 Å². The second-order valence-electron chi connectivity index (χ2n) is 5.46. The molecule has 0 aliphatic carbocycles. The van der Waals surface area contributed by atoms with Crippen molar-refractivity contribution in [1.82, 2.24) is 19.7 Å². The van der Waals surface area contributed by atoms with Crippen LogP contribution in [0.2, 0.25) is 0 Å². The quantitative estimate of drug-likeness (QED) is 0.595. The molecule has 23 heavy (non-hydrogen) atoms. The predicted octanol–water partition coefficient (Wildman–Crippen LogP) is 2.81. The fraction of sp³-hybridized carbons (Fsp3) is 0.118. The summed E-state index contributed by atoms with van der Waals surface area (Å²) in [5, 5.41) is 10.8. The number of aromatic nitrogens is 4. The number of hydrogen-bond acceptors (Lipinski definition) is 5. The molecule has 0 unspecified atom stereocenters. The molecule has 4 aromatic rings. The van der Waals surface area contributed by atoms with E-state index in [1.807, 2.05) is 14.1 Å². The normalized spacial score (nSPS) is 11.2. The second-order valence-corrected chi connectivity index (χ2v) is 5.46. The van der Waals surface area contributed by atoms with Crippen LogP contribution in [0, 0.1) is 0 Å². The summed E-state index contributed by atoms with van der Waals surface area (Å²) >= 11 is 0. The predicted molar refractivity (Wildman–Crippen MR) is 93.2 cm³/mol. The van der Waals surface area contributed by atoms with Crippen LogP contribution in [0.25, 0.3) is 33.1 Å². The standard InChI is InChI=1S/C17H16N6/c1-19-13-6-5-10-7-12(4-3-11(10)8-13)15-14-16(18)20-9-21-17(14)23(2)22-15/h3-9,19H,1-2H3,(H2,18,20,21). The summed E-state index contributed by atoms with van der Waals surface area (Å²) in [5.41, 5.74) is 9.68. The highest BCUT2D eigenvalue weighted by atomic mass is 15.3. The molecule has 0 atom stereocenters. The SMILES string of the molecule is CNc1ccc2cc(-c3nn(C)c4ncnc(N)c34)ccc2c1. The van der Waals surface area contributed by atoms with Gasteiger partial charge in [0.1, 0.15) is 17.8 Å². The molecule has 0 spiro atoms. The Morgan fingerprint density at radius 1 is 1.04 bits per heavy atom. The van der Waals surface area contributed by atoms with Gasteiger partial charge >= 0.3 is 0 Å². The average Bonchev–Trinajstić information content (AvgIpc) is 2.92. The highest BCUT2D eigenvalue weighted by Gasteiger charge is 2.15. The fourth-order valence-corrected chi connectivity index (χ4v) is 2.86. The topological polar surface area (TPSA) is 81.7 Å². The number of nitrogens with two attached hydrogens (primary N) is 1. The first-order valence-corrected chi connectivity index (χ1v) is 7.32. The highest BCUT2D eigenvalue weighted by molar-refractivity contribution is 6.00. The third-order valence-corrected chi connectivity index (χ3v) is 4.05. The number of anilines is 2. The maximum Gasteiger partial charge on any atom is 0.163 e. The van der Waals surface area contributed by atoms with Gasteiger partial charge in [0.2, 0.25) is 0 Å². The van der Waals surface area contributed by atoms with Crippen LogP contribution in [-0.2, 0) is 7.05 Å². The van der Waals surface area contributed by atoms with E-state index in [0.717, 1.165) is 33.4 Å². The number of nitrogen functional groups attached to an aromatic ring is 1. The molecule has 0 fully saturated rings. The average molecular weight is 304 g/mol. The molecular weight excluding hydrogens is 288 g/mol. The summed E-state index contributed by atoms with van der Waals surface area (Å²) in [4.78, 5) is 8.37. The number of fused-ring (bicyclic) bond motifs is 2. The molecule has 0 saturated heterocycles. The van der Waals surface area contributed by atoms with Crippen molar-refractivity contribution in [1.29, 1.82) is 0 Å². The number of nitrogens with one attached hydrogen (secondary N) is 1. The first-order valence-electron chi connectivity index (χ1n) is 7.32. The fourth-order valence-electron chi connectivity index (χ4n) is 2.86. The molecule has 6 nitrogen and oxygen atoms in total. The lowest BCUT2D eigenvalue weighted by Gasteiger charge is -2.05. The second kappa shape index (κ2) is 4.95. The summed E-state index contributed by atoms with van der Waals surface area (Å²) in [5.74, 6) is 0.448. The van der Waals surface area contributed by atoms with Crippen molar-refractivity contribution in [3.8, 4) is 11.3 Å². The Balaban J connectivity index is 1.96. The van der Waals surface area contributed by atoms with Gasteiger partial charge in [-0.15, -0.1) is 0 Å². The Hall–Kier alpha value is -3.15. The van der Waals surface area contributed by atoms with E-state index in [9.17, 15) is 0 Å². The Morgan fingerprint density at radius 3 is 2.65 bits per heavy atom. The van der Waals surface area contributed by atoms with Crippen LogP contribution in [0.1, 0.15) is 0 Å². The first kappa shape index (κ1) is 13.5. The minimum absolute atomic E-state index is 0.448. The summed E-state index contributed by atoms with van der Waals surface area (Å²) < 4.78 is 1.73. The van der Waals surface area contributed by atoms with E-state index in [1.165, 1.54) is 11.7 Å². The zero-order valence-corrected chi connectivity index (χ0v) is 12.9. The van der Waals surface area contributed by atoms with Gasteiger partial charge in [0.05, 0.1) is 5.39 Å². The summed E-state index contributed by atoms with van der Waals surface area (Å²) in [6.07, 6.45) is 1.46. The third-order valence-electron chi connectivity index (χ3n) is 4.05. The summed E-state index contributed by atoms with van der Waals surface area (Å²) in [6.45, 7) is 0. The molecule has 0 aliphatic heterocycles.